The van der Waals surface area contributed by atoms with Gasteiger partial charge >= 0.3 is 0 Å². The van der Waals surface area contributed by atoms with Crippen molar-refractivity contribution in [3.05, 3.63) is 40.2 Å². The van der Waals surface area contributed by atoms with Crippen molar-refractivity contribution in [3.8, 4) is 0 Å². The number of amides is 1. The van der Waals surface area contributed by atoms with Crippen LogP contribution in [0.2, 0.25) is 10.2 Å². The van der Waals surface area contributed by atoms with Crippen molar-refractivity contribution in [2.24, 2.45) is 0 Å². The van der Waals surface area contributed by atoms with E-state index in [2.05, 4.69) is 22.0 Å². The van der Waals surface area contributed by atoms with Gasteiger partial charge in [-0.3, -0.25) is 9.69 Å². The Morgan fingerprint density at radius 3 is 2.75 bits per heavy atom. The van der Waals surface area contributed by atoms with Crippen molar-refractivity contribution < 1.29 is 4.79 Å². The molecule has 0 N–H and O–H groups in total. The maximum absolute atomic E-state index is 12.5. The lowest BCUT2D eigenvalue weighted by atomic mass is 10.2. The number of carbonyl (C=O) groups excluding carboxylic acids is 1. The molecule has 3 heterocycles. The summed E-state index contributed by atoms with van der Waals surface area (Å²) in [5.41, 5.74) is 0.249. The Kier molecular flexibility index (Phi) is 3.96. The predicted octanol–water partition coefficient (Wildman–Crippen LogP) is 2.47. The molecule has 1 aromatic heterocycles. The van der Waals surface area contributed by atoms with E-state index in [9.17, 15) is 4.79 Å². The second-order valence-corrected chi connectivity index (χ2v) is 5.88. The zero-order valence-corrected chi connectivity index (χ0v) is 12.4. The van der Waals surface area contributed by atoms with E-state index >= 15 is 0 Å². The normalized spacial score (nSPS) is 22.7. The maximum atomic E-state index is 12.5. The van der Waals surface area contributed by atoms with Crippen LogP contribution >= 0.6 is 23.2 Å². The van der Waals surface area contributed by atoms with Gasteiger partial charge in [0, 0.05) is 32.2 Å². The number of rotatable bonds is 2. The van der Waals surface area contributed by atoms with Gasteiger partial charge in [0.05, 0.1) is 5.02 Å². The summed E-state index contributed by atoms with van der Waals surface area (Å²) in [7, 11) is 0. The fourth-order valence-corrected chi connectivity index (χ4v) is 3.07. The lowest BCUT2D eigenvalue weighted by Crippen LogP contribution is -2.37. The van der Waals surface area contributed by atoms with Crippen LogP contribution in [0.4, 0.5) is 0 Å². The van der Waals surface area contributed by atoms with Crippen LogP contribution in [0.3, 0.4) is 0 Å². The van der Waals surface area contributed by atoms with Gasteiger partial charge in [0.15, 0.2) is 0 Å². The summed E-state index contributed by atoms with van der Waals surface area (Å²) in [4.78, 5) is 20.7. The van der Waals surface area contributed by atoms with Crippen molar-refractivity contribution in [2.75, 3.05) is 26.2 Å². The molecular weight excluding hydrogens is 297 g/mol. The summed E-state index contributed by atoms with van der Waals surface area (Å²) in [5.74, 6) is -0.132. The average molecular weight is 312 g/mol. The molecule has 0 unspecified atom stereocenters. The fraction of sp³-hybridized carbons (Fsp3) is 0.429. The van der Waals surface area contributed by atoms with Crippen LogP contribution in [0.25, 0.3) is 0 Å². The molecule has 106 valence electrons. The summed E-state index contributed by atoms with van der Waals surface area (Å²) < 4.78 is 0. The molecule has 1 fully saturated rings. The van der Waals surface area contributed by atoms with E-state index in [-0.39, 0.29) is 16.8 Å². The van der Waals surface area contributed by atoms with Crippen molar-refractivity contribution in [1.29, 1.82) is 0 Å². The molecule has 6 heteroatoms. The minimum Gasteiger partial charge on any atom is -0.336 e. The van der Waals surface area contributed by atoms with Crippen LogP contribution in [0, 0.1) is 0 Å². The molecule has 0 spiro atoms. The molecule has 1 amide bonds. The molecule has 0 saturated carbocycles. The SMILES string of the molecule is O=C(c1nc(Cl)ccc1Cl)N1CC[C@H](N2CC=CC2)C1. The molecule has 0 aliphatic carbocycles. The lowest BCUT2D eigenvalue weighted by molar-refractivity contribution is 0.0775. The smallest absolute Gasteiger partial charge is 0.274 e. The minimum absolute atomic E-state index is 0.132. The molecule has 0 bridgehead atoms. The Hall–Kier alpha value is -1.10. The van der Waals surface area contributed by atoms with Crippen LogP contribution in [0.15, 0.2) is 24.3 Å². The fourth-order valence-electron chi connectivity index (χ4n) is 2.73. The average Bonchev–Trinajstić information content (AvgIpc) is 3.10. The van der Waals surface area contributed by atoms with Crippen molar-refractivity contribution >= 4 is 29.1 Å². The van der Waals surface area contributed by atoms with E-state index < -0.39 is 0 Å². The van der Waals surface area contributed by atoms with Gasteiger partial charge in [-0.2, -0.15) is 0 Å². The molecule has 1 atom stereocenters. The van der Waals surface area contributed by atoms with E-state index in [1.807, 2.05) is 4.90 Å². The number of halogens is 2. The largest absolute Gasteiger partial charge is 0.336 e. The summed E-state index contributed by atoms with van der Waals surface area (Å²) in [6.45, 7) is 3.42. The summed E-state index contributed by atoms with van der Waals surface area (Å²) in [5, 5.41) is 0.642. The Balaban J connectivity index is 1.70. The van der Waals surface area contributed by atoms with Gasteiger partial charge in [-0.25, -0.2) is 4.98 Å². The zero-order valence-electron chi connectivity index (χ0n) is 10.9. The number of hydrogen-bond acceptors (Lipinski definition) is 3. The molecular formula is C14H15Cl2N3O. The van der Waals surface area contributed by atoms with E-state index in [0.717, 1.165) is 32.6 Å². The Morgan fingerprint density at radius 1 is 1.25 bits per heavy atom. The predicted molar refractivity (Wildman–Crippen MR) is 79.3 cm³/mol. The maximum Gasteiger partial charge on any atom is 0.274 e. The van der Waals surface area contributed by atoms with Gasteiger partial charge in [-0.1, -0.05) is 35.4 Å². The first-order valence-electron chi connectivity index (χ1n) is 6.65. The second kappa shape index (κ2) is 5.72. The highest BCUT2D eigenvalue weighted by molar-refractivity contribution is 6.34. The van der Waals surface area contributed by atoms with E-state index in [4.69, 9.17) is 23.2 Å². The third-order valence-electron chi connectivity index (χ3n) is 3.83. The first kappa shape index (κ1) is 13.9. The van der Waals surface area contributed by atoms with Crippen molar-refractivity contribution in [2.45, 2.75) is 12.5 Å². The second-order valence-electron chi connectivity index (χ2n) is 5.08. The van der Waals surface area contributed by atoms with Gasteiger partial charge in [0.25, 0.3) is 5.91 Å². The summed E-state index contributed by atoms with van der Waals surface area (Å²) >= 11 is 11.9. The van der Waals surface area contributed by atoms with Gasteiger partial charge < -0.3 is 4.90 Å². The Labute approximate surface area is 128 Å². The topological polar surface area (TPSA) is 36.4 Å². The monoisotopic (exact) mass is 311 g/mol. The quantitative estimate of drug-likeness (QED) is 0.622. The Bertz CT molecular complexity index is 553. The number of hydrogen-bond donors (Lipinski definition) is 0. The number of nitrogens with zero attached hydrogens (tertiary/aromatic N) is 3. The van der Waals surface area contributed by atoms with E-state index in [1.54, 1.807) is 12.1 Å². The first-order valence-corrected chi connectivity index (χ1v) is 7.41. The molecule has 3 rings (SSSR count). The number of pyridine rings is 1. The number of likely N-dealkylation sites (tertiary alicyclic amines) is 1. The molecule has 0 radical (unpaired) electrons. The highest BCUT2D eigenvalue weighted by Crippen LogP contribution is 2.23. The van der Waals surface area contributed by atoms with Crippen LogP contribution in [0.1, 0.15) is 16.9 Å². The Morgan fingerprint density at radius 2 is 2.00 bits per heavy atom. The van der Waals surface area contributed by atoms with Crippen LogP contribution in [-0.2, 0) is 0 Å². The highest BCUT2D eigenvalue weighted by atomic mass is 35.5. The highest BCUT2D eigenvalue weighted by Gasteiger charge is 2.32. The molecule has 2 aliphatic heterocycles. The van der Waals surface area contributed by atoms with Gasteiger partial charge in [-0.05, 0) is 18.6 Å². The van der Waals surface area contributed by atoms with Crippen LogP contribution in [0.5, 0.6) is 0 Å². The molecule has 4 nitrogen and oxygen atoms in total. The van der Waals surface area contributed by atoms with Gasteiger partial charge in [0.1, 0.15) is 10.8 Å². The lowest BCUT2D eigenvalue weighted by Gasteiger charge is -2.23. The molecule has 20 heavy (non-hydrogen) atoms. The van der Waals surface area contributed by atoms with Crippen LogP contribution < -0.4 is 0 Å². The van der Waals surface area contributed by atoms with E-state index in [0.29, 0.717) is 11.1 Å². The molecule has 1 saturated heterocycles. The first-order chi connectivity index (χ1) is 9.65. The molecule has 0 aromatic carbocycles. The third-order valence-corrected chi connectivity index (χ3v) is 4.34. The number of aromatic nitrogens is 1. The standard InChI is InChI=1S/C14H15Cl2N3O/c15-11-3-4-12(16)17-13(11)14(20)19-8-5-10(9-19)18-6-1-2-7-18/h1-4,10H,5-9H2/t10-/m0/s1. The summed E-state index contributed by atoms with van der Waals surface area (Å²) in [6.07, 6.45) is 5.32. The van der Waals surface area contributed by atoms with Gasteiger partial charge in [-0.15, -0.1) is 0 Å². The molecule has 2 aliphatic rings. The summed E-state index contributed by atoms with van der Waals surface area (Å²) in [6, 6.07) is 3.62. The van der Waals surface area contributed by atoms with Gasteiger partial charge in [0.2, 0.25) is 0 Å². The van der Waals surface area contributed by atoms with E-state index in [1.165, 1.54) is 0 Å². The third kappa shape index (κ3) is 2.68. The minimum atomic E-state index is -0.132. The van der Waals surface area contributed by atoms with Crippen molar-refractivity contribution in [3.63, 3.8) is 0 Å². The number of carbonyl (C=O) groups is 1. The van der Waals surface area contributed by atoms with Crippen molar-refractivity contribution in [1.82, 2.24) is 14.8 Å². The van der Waals surface area contributed by atoms with Crippen LogP contribution in [-0.4, -0.2) is 52.9 Å². The zero-order chi connectivity index (χ0) is 14.1. The molecule has 1 aromatic rings.